The van der Waals surface area contributed by atoms with Gasteiger partial charge in [-0.1, -0.05) is 0 Å². The number of hydrogen-bond acceptors (Lipinski definition) is 5. The molecule has 6 heteroatoms. The van der Waals surface area contributed by atoms with Gasteiger partial charge in [-0.15, -0.1) is 11.3 Å². The second-order valence-corrected chi connectivity index (χ2v) is 7.62. The van der Waals surface area contributed by atoms with Crippen molar-refractivity contribution < 1.29 is 9.47 Å². The van der Waals surface area contributed by atoms with E-state index < -0.39 is 0 Å². The lowest BCUT2D eigenvalue weighted by atomic mass is 10.1. The van der Waals surface area contributed by atoms with Crippen molar-refractivity contribution in [3.8, 4) is 11.5 Å². The molecule has 0 radical (unpaired) electrons. The van der Waals surface area contributed by atoms with Gasteiger partial charge in [-0.3, -0.25) is 9.36 Å². The summed E-state index contributed by atoms with van der Waals surface area (Å²) in [6.45, 7) is 4.70. The Balaban J connectivity index is 1.87. The van der Waals surface area contributed by atoms with Crippen LogP contribution in [-0.4, -0.2) is 23.8 Å². The Kier molecular flexibility index (Phi) is 4.07. The fourth-order valence-electron chi connectivity index (χ4n) is 3.37. The average Bonchev–Trinajstić information content (AvgIpc) is 3.16. The maximum Gasteiger partial charge on any atom is 0.262 e. The smallest absolute Gasteiger partial charge is 0.262 e. The van der Waals surface area contributed by atoms with E-state index in [-0.39, 0.29) is 5.56 Å². The van der Waals surface area contributed by atoms with Gasteiger partial charge in [0.2, 0.25) is 0 Å². The number of methoxy groups -OCH3 is 2. The number of thiophene rings is 1. The molecule has 1 aliphatic heterocycles. The van der Waals surface area contributed by atoms with Gasteiger partial charge < -0.3 is 9.47 Å². The molecule has 26 heavy (non-hydrogen) atoms. The summed E-state index contributed by atoms with van der Waals surface area (Å²) in [5.41, 5.74) is 3.15. The lowest BCUT2D eigenvalue weighted by Crippen LogP contribution is -2.20. The van der Waals surface area contributed by atoms with Crippen molar-refractivity contribution in [1.29, 1.82) is 0 Å². The standard InChI is InChI=1S/C20H20N2O3S/c1-11-12(2)26-19-17(11)20(23)22-6-5-14(18(22)21-19)7-13-8-15(24-3)10-16(9-13)25-4/h7-10H,5-6H2,1-4H3. The number of nitrogens with zero attached hydrogens (tertiary/aromatic N) is 2. The van der Waals surface area contributed by atoms with Gasteiger partial charge in [0, 0.05) is 17.5 Å². The Bertz CT molecular complexity index is 1090. The van der Waals surface area contributed by atoms with Gasteiger partial charge in [0.1, 0.15) is 22.2 Å². The Morgan fingerprint density at radius 1 is 1.15 bits per heavy atom. The van der Waals surface area contributed by atoms with Crippen LogP contribution in [0.5, 0.6) is 11.5 Å². The molecule has 5 nitrogen and oxygen atoms in total. The minimum atomic E-state index is 0.0680. The van der Waals surface area contributed by atoms with Crippen LogP contribution in [-0.2, 0) is 6.54 Å². The van der Waals surface area contributed by atoms with E-state index in [4.69, 9.17) is 14.5 Å². The number of aryl methyl sites for hydroxylation is 2. The van der Waals surface area contributed by atoms with Crippen LogP contribution >= 0.6 is 11.3 Å². The Morgan fingerprint density at radius 2 is 1.85 bits per heavy atom. The van der Waals surface area contributed by atoms with E-state index >= 15 is 0 Å². The van der Waals surface area contributed by atoms with E-state index in [9.17, 15) is 4.79 Å². The van der Waals surface area contributed by atoms with E-state index in [1.165, 1.54) is 0 Å². The Hall–Kier alpha value is -2.60. The van der Waals surface area contributed by atoms with Crippen molar-refractivity contribution in [2.24, 2.45) is 0 Å². The minimum Gasteiger partial charge on any atom is -0.497 e. The molecule has 134 valence electrons. The van der Waals surface area contributed by atoms with Crippen molar-refractivity contribution in [2.75, 3.05) is 14.2 Å². The number of ether oxygens (including phenoxy) is 2. The highest BCUT2D eigenvalue weighted by atomic mass is 32.1. The van der Waals surface area contributed by atoms with Crippen molar-refractivity contribution in [1.82, 2.24) is 9.55 Å². The van der Waals surface area contributed by atoms with Crippen LogP contribution in [0.15, 0.2) is 23.0 Å². The molecule has 0 N–H and O–H groups in total. The molecule has 0 atom stereocenters. The average molecular weight is 368 g/mol. The highest BCUT2D eigenvalue weighted by Crippen LogP contribution is 2.33. The van der Waals surface area contributed by atoms with Gasteiger partial charge in [0.25, 0.3) is 5.56 Å². The van der Waals surface area contributed by atoms with Crippen molar-refractivity contribution >= 4 is 33.2 Å². The van der Waals surface area contributed by atoms with E-state index in [1.54, 1.807) is 30.1 Å². The number of fused-ring (bicyclic) bond motifs is 2. The zero-order chi connectivity index (χ0) is 18.4. The zero-order valence-corrected chi connectivity index (χ0v) is 16.1. The number of hydrogen-bond donors (Lipinski definition) is 0. The monoisotopic (exact) mass is 368 g/mol. The van der Waals surface area contributed by atoms with Crippen LogP contribution in [0.4, 0.5) is 0 Å². The minimum absolute atomic E-state index is 0.0680. The molecule has 0 saturated heterocycles. The number of allylic oxidation sites excluding steroid dienone is 1. The van der Waals surface area contributed by atoms with Gasteiger partial charge in [0.15, 0.2) is 0 Å². The van der Waals surface area contributed by atoms with E-state index in [0.29, 0.717) is 6.54 Å². The van der Waals surface area contributed by atoms with Crippen LogP contribution in [0.25, 0.3) is 21.9 Å². The first kappa shape index (κ1) is 16.8. The third kappa shape index (κ3) is 2.61. The molecular formula is C20H20N2O3S. The Morgan fingerprint density at radius 3 is 2.50 bits per heavy atom. The first-order valence-electron chi connectivity index (χ1n) is 8.46. The van der Waals surface area contributed by atoms with Crippen LogP contribution in [0.2, 0.25) is 0 Å². The molecule has 0 amide bonds. The molecule has 1 aromatic carbocycles. The molecule has 0 bridgehead atoms. The molecule has 1 aliphatic rings. The predicted octanol–water partition coefficient (Wildman–Crippen LogP) is 4.04. The van der Waals surface area contributed by atoms with E-state index in [2.05, 4.69) is 6.08 Å². The van der Waals surface area contributed by atoms with Crippen LogP contribution in [0.1, 0.15) is 28.2 Å². The maximum absolute atomic E-state index is 12.9. The van der Waals surface area contributed by atoms with Crippen molar-refractivity contribution in [3.05, 3.63) is 50.4 Å². The molecule has 0 aliphatic carbocycles. The lowest BCUT2D eigenvalue weighted by Gasteiger charge is -2.07. The summed E-state index contributed by atoms with van der Waals surface area (Å²) in [7, 11) is 3.27. The van der Waals surface area contributed by atoms with Crippen molar-refractivity contribution in [2.45, 2.75) is 26.8 Å². The number of aromatic nitrogens is 2. The summed E-state index contributed by atoms with van der Waals surface area (Å²) in [5, 5.41) is 0.764. The van der Waals surface area contributed by atoms with Gasteiger partial charge >= 0.3 is 0 Å². The third-order valence-electron chi connectivity index (χ3n) is 4.90. The van der Waals surface area contributed by atoms with Crippen LogP contribution in [0.3, 0.4) is 0 Å². The first-order valence-corrected chi connectivity index (χ1v) is 9.28. The second-order valence-electron chi connectivity index (χ2n) is 6.42. The predicted molar refractivity (Wildman–Crippen MR) is 105 cm³/mol. The lowest BCUT2D eigenvalue weighted by molar-refractivity contribution is 0.394. The second kappa shape index (κ2) is 6.29. The van der Waals surface area contributed by atoms with Gasteiger partial charge in [-0.05, 0) is 55.2 Å². The Labute approximate surface area is 155 Å². The van der Waals surface area contributed by atoms with Gasteiger partial charge in [-0.2, -0.15) is 0 Å². The van der Waals surface area contributed by atoms with E-state index in [0.717, 1.165) is 55.5 Å². The largest absolute Gasteiger partial charge is 0.497 e. The quantitative estimate of drug-likeness (QED) is 0.700. The molecule has 0 fully saturated rings. The number of benzene rings is 1. The third-order valence-corrected chi connectivity index (χ3v) is 6.00. The maximum atomic E-state index is 12.9. The van der Waals surface area contributed by atoms with Crippen molar-refractivity contribution in [3.63, 3.8) is 0 Å². The highest BCUT2D eigenvalue weighted by Gasteiger charge is 2.23. The van der Waals surface area contributed by atoms with Gasteiger partial charge in [-0.25, -0.2) is 4.98 Å². The fourth-order valence-corrected chi connectivity index (χ4v) is 4.39. The van der Waals surface area contributed by atoms with Crippen LogP contribution in [0, 0.1) is 13.8 Å². The molecule has 4 rings (SSSR count). The zero-order valence-electron chi connectivity index (χ0n) is 15.3. The summed E-state index contributed by atoms with van der Waals surface area (Å²) in [5.74, 6) is 2.24. The molecule has 3 aromatic rings. The summed E-state index contributed by atoms with van der Waals surface area (Å²) in [6.07, 6.45) is 2.85. The van der Waals surface area contributed by atoms with E-state index in [1.807, 2.05) is 32.0 Å². The van der Waals surface area contributed by atoms with Crippen LogP contribution < -0.4 is 15.0 Å². The molecule has 0 spiro atoms. The molecular weight excluding hydrogens is 348 g/mol. The molecule has 0 unspecified atom stereocenters. The summed E-state index contributed by atoms with van der Waals surface area (Å²) in [4.78, 5) is 19.7. The summed E-state index contributed by atoms with van der Waals surface area (Å²) < 4.78 is 12.5. The number of rotatable bonds is 3. The molecule has 0 saturated carbocycles. The SMILES string of the molecule is COc1cc(C=C2CCn3c2nc2sc(C)c(C)c2c3=O)cc(OC)c1. The highest BCUT2D eigenvalue weighted by molar-refractivity contribution is 7.18. The first-order chi connectivity index (χ1) is 12.5. The molecule has 3 heterocycles. The normalized spacial score (nSPS) is 14.8. The summed E-state index contributed by atoms with van der Waals surface area (Å²) >= 11 is 1.59. The molecule has 2 aromatic heterocycles. The van der Waals surface area contributed by atoms with Gasteiger partial charge in [0.05, 0.1) is 19.6 Å². The topological polar surface area (TPSA) is 53.4 Å². The fraction of sp³-hybridized carbons (Fsp3) is 0.300. The summed E-state index contributed by atoms with van der Waals surface area (Å²) in [6, 6.07) is 5.75.